The van der Waals surface area contributed by atoms with Crippen molar-refractivity contribution in [2.75, 3.05) is 5.32 Å². The molecule has 24 heavy (non-hydrogen) atoms. The molecule has 1 amide bonds. The monoisotopic (exact) mass is 313 g/mol. The SMILES string of the molecule is O=C(Nc1ccccc1)c1ccc(-c2cccc3ccccc23)o1. The molecule has 0 saturated heterocycles. The average molecular weight is 313 g/mol. The van der Waals surface area contributed by atoms with Crippen molar-refractivity contribution in [2.45, 2.75) is 0 Å². The summed E-state index contributed by atoms with van der Waals surface area (Å²) in [4.78, 5) is 12.3. The summed E-state index contributed by atoms with van der Waals surface area (Å²) in [5.74, 6) is 0.722. The van der Waals surface area contributed by atoms with Crippen LogP contribution in [0.25, 0.3) is 22.1 Å². The van der Waals surface area contributed by atoms with Crippen LogP contribution >= 0.6 is 0 Å². The number of fused-ring (bicyclic) bond motifs is 1. The Labute approximate surface area is 139 Å². The molecule has 4 aromatic rings. The van der Waals surface area contributed by atoms with Gasteiger partial charge in [-0.25, -0.2) is 0 Å². The number of para-hydroxylation sites is 1. The highest BCUT2D eigenvalue weighted by Crippen LogP contribution is 2.30. The van der Waals surface area contributed by atoms with E-state index in [1.807, 2.05) is 60.7 Å². The third-order valence-corrected chi connectivity index (χ3v) is 3.92. The first-order valence-electron chi connectivity index (χ1n) is 7.76. The number of nitrogens with one attached hydrogen (secondary N) is 1. The zero-order valence-corrected chi connectivity index (χ0v) is 12.9. The van der Waals surface area contributed by atoms with E-state index in [0.29, 0.717) is 11.5 Å². The molecule has 1 N–H and O–H groups in total. The largest absolute Gasteiger partial charge is 0.451 e. The van der Waals surface area contributed by atoms with Crippen LogP contribution < -0.4 is 5.32 Å². The van der Waals surface area contributed by atoms with Gasteiger partial charge in [0.15, 0.2) is 5.76 Å². The fourth-order valence-electron chi connectivity index (χ4n) is 2.76. The van der Waals surface area contributed by atoms with Crippen molar-refractivity contribution in [1.82, 2.24) is 0 Å². The molecular weight excluding hydrogens is 298 g/mol. The Morgan fingerprint density at radius 3 is 2.38 bits per heavy atom. The van der Waals surface area contributed by atoms with Crippen molar-refractivity contribution in [1.29, 1.82) is 0 Å². The molecule has 3 heteroatoms. The summed E-state index contributed by atoms with van der Waals surface area (Å²) in [5.41, 5.74) is 1.72. The first kappa shape index (κ1) is 14.3. The van der Waals surface area contributed by atoms with Crippen molar-refractivity contribution >= 4 is 22.4 Å². The summed E-state index contributed by atoms with van der Waals surface area (Å²) >= 11 is 0. The van der Waals surface area contributed by atoms with Gasteiger partial charge in [0.2, 0.25) is 0 Å². The van der Waals surface area contributed by atoms with Gasteiger partial charge in [-0.05, 0) is 35.0 Å². The van der Waals surface area contributed by atoms with E-state index in [2.05, 4.69) is 23.5 Å². The van der Waals surface area contributed by atoms with Crippen molar-refractivity contribution < 1.29 is 9.21 Å². The van der Waals surface area contributed by atoms with Gasteiger partial charge in [-0.2, -0.15) is 0 Å². The maximum atomic E-state index is 12.3. The maximum absolute atomic E-state index is 12.3. The van der Waals surface area contributed by atoms with E-state index in [9.17, 15) is 4.79 Å². The fourth-order valence-corrected chi connectivity index (χ4v) is 2.76. The molecule has 0 atom stereocenters. The average Bonchev–Trinajstić information content (AvgIpc) is 3.12. The minimum Gasteiger partial charge on any atom is -0.451 e. The van der Waals surface area contributed by atoms with Crippen LogP contribution in [0, 0.1) is 0 Å². The lowest BCUT2D eigenvalue weighted by atomic mass is 10.0. The van der Waals surface area contributed by atoms with Gasteiger partial charge in [-0.15, -0.1) is 0 Å². The summed E-state index contributed by atoms with van der Waals surface area (Å²) in [5, 5.41) is 5.07. The summed E-state index contributed by atoms with van der Waals surface area (Å²) in [6, 6.07) is 27.0. The van der Waals surface area contributed by atoms with Crippen molar-refractivity contribution in [3.63, 3.8) is 0 Å². The van der Waals surface area contributed by atoms with Gasteiger partial charge in [0.25, 0.3) is 5.91 Å². The van der Waals surface area contributed by atoms with Crippen molar-refractivity contribution in [3.05, 3.63) is 90.7 Å². The molecule has 0 unspecified atom stereocenters. The molecule has 1 heterocycles. The second-order valence-electron chi connectivity index (χ2n) is 5.51. The molecule has 0 aliphatic heterocycles. The summed E-state index contributed by atoms with van der Waals surface area (Å²) in [6.07, 6.45) is 0. The molecule has 0 aliphatic rings. The summed E-state index contributed by atoms with van der Waals surface area (Å²) in [6.45, 7) is 0. The first-order chi connectivity index (χ1) is 11.8. The van der Waals surface area contributed by atoms with Crippen LogP contribution in [0.5, 0.6) is 0 Å². The molecule has 4 rings (SSSR count). The van der Waals surface area contributed by atoms with E-state index in [-0.39, 0.29) is 5.91 Å². The molecule has 0 aliphatic carbocycles. The molecule has 0 spiro atoms. The smallest absolute Gasteiger partial charge is 0.291 e. The van der Waals surface area contributed by atoms with Crippen LogP contribution in [0.3, 0.4) is 0 Å². The second kappa shape index (κ2) is 6.05. The number of hydrogen-bond donors (Lipinski definition) is 1. The lowest BCUT2D eigenvalue weighted by molar-refractivity contribution is 0.0997. The first-order valence-corrected chi connectivity index (χ1v) is 7.76. The number of hydrogen-bond acceptors (Lipinski definition) is 2. The third-order valence-electron chi connectivity index (χ3n) is 3.92. The number of amides is 1. The molecule has 0 fully saturated rings. The molecule has 0 saturated carbocycles. The highest BCUT2D eigenvalue weighted by Gasteiger charge is 2.13. The fraction of sp³-hybridized carbons (Fsp3) is 0. The standard InChI is InChI=1S/C21H15NO2/c23-21(22-16-9-2-1-3-10-16)20-14-13-19(24-20)18-12-6-8-15-7-4-5-11-17(15)18/h1-14H,(H,22,23). The highest BCUT2D eigenvalue weighted by atomic mass is 16.3. The number of anilines is 1. The Kier molecular flexibility index (Phi) is 3.60. The van der Waals surface area contributed by atoms with Crippen molar-refractivity contribution in [2.24, 2.45) is 0 Å². The zero-order valence-electron chi connectivity index (χ0n) is 12.9. The van der Waals surface area contributed by atoms with Gasteiger partial charge in [0, 0.05) is 11.3 Å². The third kappa shape index (κ3) is 2.68. The molecule has 1 aromatic heterocycles. The van der Waals surface area contributed by atoms with Gasteiger partial charge >= 0.3 is 0 Å². The van der Waals surface area contributed by atoms with Crippen LogP contribution in [0.15, 0.2) is 89.3 Å². The van der Waals surface area contributed by atoms with Crippen LogP contribution in [-0.2, 0) is 0 Å². The van der Waals surface area contributed by atoms with Crippen LogP contribution in [0.4, 0.5) is 5.69 Å². The number of rotatable bonds is 3. The Balaban J connectivity index is 1.66. The molecule has 116 valence electrons. The molecule has 0 bridgehead atoms. The van der Waals surface area contributed by atoms with Gasteiger partial charge < -0.3 is 9.73 Å². The Bertz CT molecular complexity index is 997. The van der Waals surface area contributed by atoms with E-state index in [4.69, 9.17) is 4.42 Å². The lowest BCUT2D eigenvalue weighted by Crippen LogP contribution is -2.10. The lowest BCUT2D eigenvalue weighted by Gasteiger charge is -2.04. The molecule has 0 radical (unpaired) electrons. The van der Waals surface area contributed by atoms with Crippen LogP contribution in [0.1, 0.15) is 10.6 Å². The summed E-state index contributed by atoms with van der Waals surface area (Å²) in [7, 11) is 0. The van der Waals surface area contributed by atoms with E-state index < -0.39 is 0 Å². The number of furan rings is 1. The number of benzene rings is 3. The quantitative estimate of drug-likeness (QED) is 0.554. The maximum Gasteiger partial charge on any atom is 0.291 e. The molecule has 3 aromatic carbocycles. The Morgan fingerprint density at radius 1 is 0.750 bits per heavy atom. The topological polar surface area (TPSA) is 42.2 Å². The van der Waals surface area contributed by atoms with Crippen LogP contribution in [-0.4, -0.2) is 5.91 Å². The van der Waals surface area contributed by atoms with Crippen molar-refractivity contribution in [3.8, 4) is 11.3 Å². The predicted molar refractivity (Wildman–Crippen MR) is 96.0 cm³/mol. The molecular formula is C21H15NO2. The normalized spacial score (nSPS) is 10.7. The van der Waals surface area contributed by atoms with Gasteiger partial charge in [-0.1, -0.05) is 60.7 Å². The number of carbonyl (C=O) groups is 1. The van der Waals surface area contributed by atoms with E-state index in [1.165, 1.54) is 0 Å². The minimum atomic E-state index is -0.257. The van der Waals surface area contributed by atoms with E-state index in [0.717, 1.165) is 22.0 Å². The molecule has 3 nitrogen and oxygen atoms in total. The van der Waals surface area contributed by atoms with Gasteiger partial charge in [0.05, 0.1) is 0 Å². The van der Waals surface area contributed by atoms with E-state index in [1.54, 1.807) is 6.07 Å². The minimum absolute atomic E-state index is 0.257. The second-order valence-corrected chi connectivity index (χ2v) is 5.51. The van der Waals surface area contributed by atoms with Gasteiger partial charge in [-0.3, -0.25) is 4.79 Å². The highest BCUT2D eigenvalue weighted by molar-refractivity contribution is 6.03. The summed E-state index contributed by atoms with van der Waals surface area (Å²) < 4.78 is 5.80. The van der Waals surface area contributed by atoms with Crippen LogP contribution in [0.2, 0.25) is 0 Å². The predicted octanol–water partition coefficient (Wildman–Crippen LogP) is 5.35. The zero-order chi connectivity index (χ0) is 16.4. The Morgan fingerprint density at radius 2 is 1.50 bits per heavy atom. The Hall–Kier alpha value is -3.33. The van der Waals surface area contributed by atoms with Gasteiger partial charge in [0.1, 0.15) is 5.76 Å². The number of carbonyl (C=O) groups excluding carboxylic acids is 1. The van der Waals surface area contributed by atoms with E-state index >= 15 is 0 Å².